The van der Waals surface area contributed by atoms with Gasteiger partial charge in [-0.3, -0.25) is 0 Å². The molecule has 0 spiro atoms. The predicted molar refractivity (Wildman–Crippen MR) is 86.0 cm³/mol. The lowest BCUT2D eigenvalue weighted by Gasteiger charge is -2.40. The lowest BCUT2D eigenvalue weighted by Crippen LogP contribution is -2.50. The molecule has 0 radical (unpaired) electrons. The quantitative estimate of drug-likeness (QED) is 0.824. The van der Waals surface area contributed by atoms with Gasteiger partial charge in [0, 0.05) is 18.3 Å². The van der Waals surface area contributed by atoms with E-state index in [0.717, 1.165) is 11.3 Å². The van der Waals surface area contributed by atoms with Gasteiger partial charge >= 0.3 is 0 Å². The predicted octanol–water partition coefficient (Wildman–Crippen LogP) is 2.83. The number of benzene rings is 2. The molecule has 2 aromatic rings. The number of rotatable bonds is 7. The lowest BCUT2D eigenvalue weighted by atomic mass is 9.87. The minimum atomic E-state index is -0.265. The van der Waals surface area contributed by atoms with Gasteiger partial charge in [-0.2, -0.15) is 0 Å². The van der Waals surface area contributed by atoms with Gasteiger partial charge in [-0.05, 0) is 29.8 Å². The highest BCUT2D eigenvalue weighted by molar-refractivity contribution is 5.48. The standard InChI is InChI=1S/C18H20FNO3/c19-15-4-1-3-14(7-15)9-23-17-6-2-5-16(8-17)20-10-18(11-21)12-22-13-18/h1-8,20-21H,9-13H2. The zero-order chi connectivity index (χ0) is 16.1. The van der Waals surface area contributed by atoms with E-state index in [2.05, 4.69) is 5.32 Å². The molecule has 0 aliphatic carbocycles. The fraction of sp³-hybridized carbons (Fsp3) is 0.333. The number of ether oxygens (including phenoxy) is 2. The molecule has 1 heterocycles. The molecule has 0 amide bonds. The van der Waals surface area contributed by atoms with Crippen LogP contribution in [0.25, 0.3) is 0 Å². The topological polar surface area (TPSA) is 50.7 Å². The third-order valence-electron chi connectivity index (χ3n) is 3.95. The summed E-state index contributed by atoms with van der Waals surface area (Å²) in [5, 5.41) is 12.7. The Bertz CT molecular complexity index is 653. The molecule has 23 heavy (non-hydrogen) atoms. The van der Waals surface area contributed by atoms with Crippen LogP contribution in [0, 0.1) is 11.2 Å². The maximum absolute atomic E-state index is 13.1. The SMILES string of the molecule is OCC1(CNc2cccc(OCc3cccc(F)c3)c2)COC1. The molecule has 122 valence electrons. The van der Waals surface area contributed by atoms with E-state index in [-0.39, 0.29) is 17.8 Å². The Hall–Kier alpha value is -2.11. The molecule has 1 fully saturated rings. The molecule has 0 atom stereocenters. The first kappa shape index (κ1) is 15.8. The van der Waals surface area contributed by atoms with E-state index < -0.39 is 0 Å². The number of aliphatic hydroxyl groups is 1. The van der Waals surface area contributed by atoms with Crippen LogP contribution < -0.4 is 10.1 Å². The van der Waals surface area contributed by atoms with Crippen molar-refractivity contribution in [2.24, 2.45) is 5.41 Å². The second-order valence-corrected chi connectivity index (χ2v) is 5.95. The van der Waals surface area contributed by atoms with Crippen molar-refractivity contribution < 1.29 is 19.0 Å². The van der Waals surface area contributed by atoms with E-state index in [0.29, 0.717) is 32.1 Å². The zero-order valence-corrected chi connectivity index (χ0v) is 12.8. The Morgan fingerprint density at radius 1 is 1.17 bits per heavy atom. The Kier molecular flexibility index (Phi) is 4.79. The first-order valence-corrected chi connectivity index (χ1v) is 7.59. The maximum Gasteiger partial charge on any atom is 0.123 e. The maximum atomic E-state index is 13.1. The Labute approximate surface area is 134 Å². The fourth-order valence-electron chi connectivity index (χ4n) is 2.42. The molecule has 4 nitrogen and oxygen atoms in total. The lowest BCUT2D eigenvalue weighted by molar-refractivity contribution is -0.128. The van der Waals surface area contributed by atoms with E-state index in [1.54, 1.807) is 6.07 Å². The fourth-order valence-corrected chi connectivity index (χ4v) is 2.42. The van der Waals surface area contributed by atoms with Crippen molar-refractivity contribution in [1.82, 2.24) is 0 Å². The van der Waals surface area contributed by atoms with Crippen LogP contribution in [-0.2, 0) is 11.3 Å². The smallest absolute Gasteiger partial charge is 0.123 e. The number of hydrogen-bond acceptors (Lipinski definition) is 4. The molecule has 0 unspecified atom stereocenters. The van der Waals surface area contributed by atoms with Crippen molar-refractivity contribution in [2.45, 2.75) is 6.61 Å². The van der Waals surface area contributed by atoms with Crippen molar-refractivity contribution in [3.63, 3.8) is 0 Å². The Morgan fingerprint density at radius 3 is 2.70 bits per heavy atom. The largest absolute Gasteiger partial charge is 0.489 e. The molecule has 1 aliphatic heterocycles. The number of aliphatic hydroxyl groups excluding tert-OH is 1. The van der Waals surface area contributed by atoms with Gasteiger partial charge in [-0.15, -0.1) is 0 Å². The van der Waals surface area contributed by atoms with Gasteiger partial charge in [0.1, 0.15) is 18.2 Å². The summed E-state index contributed by atoms with van der Waals surface area (Å²) in [6.07, 6.45) is 0. The monoisotopic (exact) mass is 317 g/mol. The second kappa shape index (κ2) is 6.98. The van der Waals surface area contributed by atoms with Gasteiger partial charge in [0.05, 0.1) is 25.2 Å². The Morgan fingerprint density at radius 2 is 2.00 bits per heavy atom. The zero-order valence-electron chi connectivity index (χ0n) is 12.8. The van der Waals surface area contributed by atoms with Crippen LogP contribution >= 0.6 is 0 Å². The van der Waals surface area contributed by atoms with Crippen LogP contribution in [0.1, 0.15) is 5.56 Å². The van der Waals surface area contributed by atoms with Gasteiger partial charge in [0.15, 0.2) is 0 Å². The summed E-state index contributed by atoms with van der Waals surface area (Å²) in [5.41, 5.74) is 1.52. The van der Waals surface area contributed by atoms with Crippen LogP contribution in [-0.4, -0.2) is 31.5 Å². The average molecular weight is 317 g/mol. The Balaban J connectivity index is 1.56. The van der Waals surface area contributed by atoms with Gasteiger partial charge < -0.3 is 19.9 Å². The van der Waals surface area contributed by atoms with E-state index in [1.165, 1.54) is 12.1 Å². The first-order valence-electron chi connectivity index (χ1n) is 7.59. The highest BCUT2D eigenvalue weighted by atomic mass is 19.1. The van der Waals surface area contributed by atoms with Crippen molar-refractivity contribution in [1.29, 1.82) is 0 Å². The number of hydrogen-bond donors (Lipinski definition) is 2. The summed E-state index contributed by atoms with van der Waals surface area (Å²) in [5.74, 6) is 0.445. The molecule has 2 N–H and O–H groups in total. The summed E-state index contributed by atoms with van der Waals surface area (Å²) in [6.45, 7) is 2.22. The summed E-state index contributed by atoms with van der Waals surface area (Å²) < 4.78 is 24.0. The van der Waals surface area contributed by atoms with Crippen LogP contribution in [0.4, 0.5) is 10.1 Å². The van der Waals surface area contributed by atoms with Crippen LogP contribution in [0.5, 0.6) is 5.75 Å². The normalized spacial score (nSPS) is 15.7. The van der Waals surface area contributed by atoms with Crippen molar-refractivity contribution in [3.05, 3.63) is 59.9 Å². The number of anilines is 1. The number of nitrogens with one attached hydrogen (secondary N) is 1. The van der Waals surface area contributed by atoms with Gasteiger partial charge in [0.25, 0.3) is 0 Å². The number of halogens is 1. The molecular formula is C18H20FNO3. The molecule has 1 saturated heterocycles. The van der Waals surface area contributed by atoms with Crippen LogP contribution in [0.3, 0.4) is 0 Å². The van der Waals surface area contributed by atoms with Gasteiger partial charge in [-0.1, -0.05) is 18.2 Å². The second-order valence-electron chi connectivity index (χ2n) is 5.95. The van der Waals surface area contributed by atoms with E-state index in [1.807, 2.05) is 30.3 Å². The highest BCUT2D eigenvalue weighted by Crippen LogP contribution is 2.28. The van der Waals surface area contributed by atoms with E-state index >= 15 is 0 Å². The van der Waals surface area contributed by atoms with Gasteiger partial charge in [0.2, 0.25) is 0 Å². The average Bonchev–Trinajstić information content (AvgIpc) is 2.53. The molecule has 5 heteroatoms. The molecule has 3 rings (SSSR count). The van der Waals surface area contributed by atoms with E-state index in [4.69, 9.17) is 9.47 Å². The minimum Gasteiger partial charge on any atom is -0.489 e. The third kappa shape index (κ3) is 4.00. The summed E-state index contributed by atoms with van der Waals surface area (Å²) in [4.78, 5) is 0. The van der Waals surface area contributed by atoms with Crippen molar-refractivity contribution in [3.8, 4) is 5.75 Å². The summed E-state index contributed by atoms with van der Waals surface area (Å²) >= 11 is 0. The minimum absolute atomic E-state index is 0.107. The molecule has 0 saturated carbocycles. The molecule has 1 aliphatic rings. The summed E-state index contributed by atoms with van der Waals surface area (Å²) in [6, 6.07) is 14.0. The van der Waals surface area contributed by atoms with Crippen molar-refractivity contribution >= 4 is 5.69 Å². The third-order valence-corrected chi connectivity index (χ3v) is 3.95. The summed E-state index contributed by atoms with van der Waals surface area (Å²) in [7, 11) is 0. The van der Waals surface area contributed by atoms with Crippen molar-refractivity contribution in [2.75, 3.05) is 31.7 Å². The molecule has 0 aromatic heterocycles. The first-order chi connectivity index (χ1) is 11.2. The molecular weight excluding hydrogens is 297 g/mol. The van der Waals surface area contributed by atoms with Gasteiger partial charge in [-0.25, -0.2) is 4.39 Å². The van der Waals surface area contributed by atoms with E-state index in [9.17, 15) is 9.50 Å². The van der Waals surface area contributed by atoms with Crippen LogP contribution in [0.15, 0.2) is 48.5 Å². The molecule has 0 bridgehead atoms. The van der Waals surface area contributed by atoms with Crippen LogP contribution in [0.2, 0.25) is 0 Å². The highest BCUT2D eigenvalue weighted by Gasteiger charge is 2.37. The molecule has 2 aromatic carbocycles.